The van der Waals surface area contributed by atoms with Gasteiger partial charge < -0.3 is 5.32 Å². The highest BCUT2D eigenvalue weighted by Crippen LogP contribution is 2.27. The Labute approximate surface area is 105 Å². The molecular formula is C14H18F3N. The molecule has 1 fully saturated rings. The van der Waals surface area contributed by atoms with Crippen molar-refractivity contribution in [1.29, 1.82) is 0 Å². The number of hydrogen-bond acceptors (Lipinski definition) is 1. The summed E-state index contributed by atoms with van der Waals surface area (Å²) in [6.07, 6.45) is 4.87. The van der Waals surface area contributed by atoms with Gasteiger partial charge in [0.05, 0.1) is 0 Å². The first-order chi connectivity index (χ1) is 8.58. The van der Waals surface area contributed by atoms with Crippen LogP contribution in [0.25, 0.3) is 0 Å². The van der Waals surface area contributed by atoms with E-state index in [-0.39, 0.29) is 18.2 Å². The summed E-state index contributed by atoms with van der Waals surface area (Å²) >= 11 is 0. The molecule has 0 radical (unpaired) electrons. The lowest BCUT2D eigenvalue weighted by molar-refractivity contribution is 0.376. The number of nitrogens with one attached hydrogen (secondary N) is 1. The summed E-state index contributed by atoms with van der Waals surface area (Å²) in [6, 6.07) is 1.81. The van der Waals surface area contributed by atoms with E-state index in [1.807, 2.05) is 0 Å². The minimum atomic E-state index is -1.14. The quantitative estimate of drug-likeness (QED) is 0.810. The van der Waals surface area contributed by atoms with Crippen molar-refractivity contribution in [2.24, 2.45) is 5.92 Å². The summed E-state index contributed by atoms with van der Waals surface area (Å²) in [7, 11) is 0. The normalized spacial score (nSPS) is 18.2. The molecule has 0 unspecified atom stereocenters. The summed E-state index contributed by atoms with van der Waals surface area (Å²) in [5, 5.41) is 3.20. The van der Waals surface area contributed by atoms with Crippen LogP contribution in [-0.4, -0.2) is 6.04 Å². The zero-order chi connectivity index (χ0) is 13.1. The summed E-state index contributed by atoms with van der Waals surface area (Å²) in [5.74, 6) is -2.22. The van der Waals surface area contributed by atoms with E-state index in [1.165, 1.54) is 25.7 Å². The molecule has 0 bridgehead atoms. The minimum absolute atomic E-state index is 0.179. The standard InChI is InChI=1S/C14H18F3N/c1-9(10-4-2-3-5-10)18-8-11-6-13(16)14(17)7-12(11)15/h6-7,9-10,18H,2-5,8H2,1H3/t9-/m1/s1. The van der Waals surface area contributed by atoms with Gasteiger partial charge in [0.1, 0.15) is 5.82 Å². The van der Waals surface area contributed by atoms with Gasteiger partial charge in [0, 0.05) is 24.2 Å². The summed E-state index contributed by atoms with van der Waals surface area (Å²) in [6.45, 7) is 2.30. The van der Waals surface area contributed by atoms with Gasteiger partial charge >= 0.3 is 0 Å². The van der Waals surface area contributed by atoms with Crippen LogP contribution in [0.1, 0.15) is 38.2 Å². The Bertz CT molecular complexity index is 414. The molecule has 1 aliphatic rings. The lowest BCUT2D eigenvalue weighted by Crippen LogP contribution is -2.32. The molecule has 2 rings (SSSR count). The van der Waals surface area contributed by atoms with E-state index < -0.39 is 17.5 Å². The van der Waals surface area contributed by atoms with Crippen LogP contribution in [0.15, 0.2) is 12.1 Å². The average molecular weight is 257 g/mol. The molecule has 0 spiro atoms. The largest absolute Gasteiger partial charge is 0.310 e. The molecule has 0 heterocycles. The summed E-state index contributed by atoms with van der Waals surface area (Å²) in [4.78, 5) is 0. The first kappa shape index (κ1) is 13.4. The van der Waals surface area contributed by atoms with E-state index in [4.69, 9.17) is 0 Å². The van der Waals surface area contributed by atoms with Gasteiger partial charge in [-0.25, -0.2) is 13.2 Å². The van der Waals surface area contributed by atoms with Crippen molar-refractivity contribution in [2.75, 3.05) is 0 Å². The van der Waals surface area contributed by atoms with E-state index in [0.29, 0.717) is 12.0 Å². The first-order valence-electron chi connectivity index (χ1n) is 6.44. The van der Waals surface area contributed by atoms with Crippen molar-refractivity contribution < 1.29 is 13.2 Å². The second kappa shape index (κ2) is 5.74. The van der Waals surface area contributed by atoms with Crippen LogP contribution in [-0.2, 0) is 6.54 Å². The molecule has 18 heavy (non-hydrogen) atoms. The lowest BCUT2D eigenvalue weighted by Gasteiger charge is -2.20. The Morgan fingerprint density at radius 1 is 1.11 bits per heavy atom. The molecule has 1 atom stereocenters. The van der Waals surface area contributed by atoms with E-state index in [9.17, 15) is 13.2 Å². The van der Waals surface area contributed by atoms with Crippen molar-refractivity contribution in [3.05, 3.63) is 35.1 Å². The predicted molar refractivity (Wildman–Crippen MR) is 64.6 cm³/mol. The first-order valence-corrected chi connectivity index (χ1v) is 6.44. The van der Waals surface area contributed by atoms with Crippen molar-refractivity contribution >= 4 is 0 Å². The maximum atomic E-state index is 13.4. The minimum Gasteiger partial charge on any atom is -0.310 e. The zero-order valence-electron chi connectivity index (χ0n) is 10.5. The molecule has 4 heteroatoms. The van der Waals surface area contributed by atoms with Crippen molar-refractivity contribution in [2.45, 2.75) is 45.2 Å². The van der Waals surface area contributed by atoms with Gasteiger partial charge in [0.2, 0.25) is 0 Å². The third-order valence-corrected chi connectivity index (χ3v) is 3.81. The van der Waals surface area contributed by atoms with Gasteiger partial charge in [0.15, 0.2) is 11.6 Å². The van der Waals surface area contributed by atoms with Gasteiger partial charge in [0.25, 0.3) is 0 Å². The molecule has 0 aliphatic heterocycles. The SMILES string of the molecule is C[C@@H](NCc1cc(F)c(F)cc1F)C1CCCC1. The van der Waals surface area contributed by atoms with Crippen LogP contribution in [0.5, 0.6) is 0 Å². The van der Waals surface area contributed by atoms with Crippen molar-refractivity contribution in [1.82, 2.24) is 5.32 Å². The Kier molecular flexibility index (Phi) is 4.27. The van der Waals surface area contributed by atoms with Crippen LogP contribution >= 0.6 is 0 Å². The molecule has 100 valence electrons. The molecule has 1 saturated carbocycles. The Hall–Kier alpha value is -1.03. The van der Waals surface area contributed by atoms with Gasteiger partial charge in [-0.2, -0.15) is 0 Å². The third-order valence-electron chi connectivity index (χ3n) is 3.81. The molecule has 0 aromatic heterocycles. The topological polar surface area (TPSA) is 12.0 Å². The fourth-order valence-electron chi connectivity index (χ4n) is 2.59. The van der Waals surface area contributed by atoms with Gasteiger partial charge in [-0.1, -0.05) is 12.8 Å². The highest BCUT2D eigenvalue weighted by molar-refractivity contribution is 5.20. The highest BCUT2D eigenvalue weighted by atomic mass is 19.2. The van der Waals surface area contributed by atoms with Crippen LogP contribution in [0.3, 0.4) is 0 Å². The fraction of sp³-hybridized carbons (Fsp3) is 0.571. The zero-order valence-corrected chi connectivity index (χ0v) is 10.5. The van der Waals surface area contributed by atoms with Crippen LogP contribution in [0, 0.1) is 23.4 Å². The molecule has 1 aliphatic carbocycles. The van der Waals surface area contributed by atoms with Gasteiger partial charge in [-0.05, 0) is 31.7 Å². The third kappa shape index (κ3) is 3.05. The number of benzene rings is 1. The van der Waals surface area contributed by atoms with E-state index in [2.05, 4.69) is 12.2 Å². The Morgan fingerprint density at radius 2 is 1.72 bits per heavy atom. The number of halogens is 3. The Morgan fingerprint density at radius 3 is 2.39 bits per heavy atom. The van der Waals surface area contributed by atoms with E-state index >= 15 is 0 Å². The Balaban J connectivity index is 1.95. The fourth-order valence-corrected chi connectivity index (χ4v) is 2.59. The highest BCUT2D eigenvalue weighted by Gasteiger charge is 2.21. The smallest absolute Gasteiger partial charge is 0.161 e. The molecule has 1 aromatic carbocycles. The maximum absolute atomic E-state index is 13.4. The molecule has 1 aromatic rings. The van der Waals surface area contributed by atoms with Crippen molar-refractivity contribution in [3.63, 3.8) is 0 Å². The summed E-state index contributed by atoms with van der Waals surface area (Å²) in [5.41, 5.74) is 0.179. The maximum Gasteiger partial charge on any atom is 0.161 e. The van der Waals surface area contributed by atoms with Gasteiger partial charge in [-0.15, -0.1) is 0 Å². The molecular weight excluding hydrogens is 239 g/mol. The second-order valence-corrected chi connectivity index (χ2v) is 5.07. The molecule has 0 amide bonds. The van der Waals surface area contributed by atoms with Crippen LogP contribution in [0.2, 0.25) is 0 Å². The molecule has 1 N–H and O–H groups in total. The number of rotatable bonds is 4. The van der Waals surface area contributed by atoms with Crippen molar-refractivity contribution in [3.8, 4) is 0 Å². The average Bonchev–Trinajstić information content (AvgIpc) is 2.85. The second-order valence-electron chi connectivity index (χ2n) is 5.07. The van der Waals surface area contributed by atoms with E-state index in [0.717, 1.165) is 6.07 Å². The lowest BCUT2D eigenvalue weighted by atomic mass is 9.99. The van der Waals surface area contributed by atoms with Crippen LogP contribution < -0.4 is 5.32 Å². The number of hydrogen-bond donors (Lipinski definition) is 1. The monoisotopic (exact) mass is 257 g/mol. The summed E-state index contributed by atoms with van der Waals surface area (Å²) < 4.78 is 39.2. The van der Waals surface area contributed by atoms with Crippen LogP contribution in [0.4, 0.5) is 13.2 Å². The van der Waals surface area contributed by atoms with E-state index in [1.54, 1.807) is 0 Å². The predicted octanol–water partition coefficient (Wildman–Crippen LogP) is 3.77. The molecule has 0 saturated heterocycles. The van der Waals surface area contributed by atoms with Gasteiger partial charge in [-0.3, -0.25) is 0 Å². The molecule has 1 nitrogen and oxygen atoms in total.